The summed E-state index contributed by atoms with van der Waals surface area (Å²) >= 11 is 0. The van der Waals surface area contributed by atoms with Gasteiger partial charge in [0.2, 0.25) is 0 Å². The van der Waals surface area contributed by atoms with Gasteiger partial charge in [-0.15, -0.1) is 0 Å². The van der Waals surface area contributed by atoms with Crippen molar-refractivity contribution in [2.45, 2.75) is 18.9 Å². The first-order chi connectivity index (χ1) is 11.8. The van der Waals surface area contributed by atoms with Crippen molar-refractivity contribution in [1.29, 1.82) is 0 Å². The van der Waals surface area contributed by atoms with E-state index in [1.807, 2.05) is 36.4 Å². The minimum Gasteiger partial charge on any atom is -0.493 e. The second-order valence-electron chi connectivity index (χ2n) is 5.60. The van der Waals surface area contributed by atoms with E-state index in [1.165, 1.54) is 5.56 Å². The van der Waals surface area contributed by atoms with Crippen molar-refractivity contribution in [1.82, 2.24) is 5.32 Å². The molecule has 5 nitrogen and oxygen atoms in total. The first-order valence-corrected chi connectivity index (χ1v) is 8.05. The molecule has 1 N–H and O–H groups in total. The van der Waals surface area contributed by atoms with Crippen LogP contribution in [0.4, 0.5) is 4.79 Å². The number of ether oxygens (including phenoxy) is 3. The van der Waals surface area contributed by atoms with Gasteiger partial charge in [0.25, 0.3) is 0 Å². The van der Waals surface area contributed by atoms with E-state index in [1.54, 1.807) is 7.11 Å². The monoisotopic (exact) mass is 327 g/mol. The van der Waals surface area contributed by atoms with Gasteiger partial charge in [-0.1, -0.05) is 36.4 Å². The van der Waals surface area contributed by atoms with Crippen molar-refractivity contribution in [2.24, 2.45) is 0 Å². The Morgan fingerprint density at radius 2 is 2.00 bits per heavy atom. The molecule has 2 aromatic carbocycles. The quantitative estimate of drug-likeness (QED) is 0.882. The highest BCUT2D eigenvalue weighted by Crippen LogP contribution is 2.33. The van der Waals surface area contributed by atoms with E-state index in [0.717, 1.165) is 18.4 Å². The Morgan fingerprint density at radius 1 is 1.17 bits per heavy atom. The molecule has 1 atom stereocenters. The highest BCUT2D eigenvalue weighted by atomic mass is 16.6. The molecule has 0 spiro atoms. The van der Waals surface area contributed by atoms with Crippen LogP contribution >= 0.6 is 0 Å². The van der Waals surface area contributed by atoms with Gasteiger partial charge in [-0.25, -0.2) is 4.79 Å². The smallest absolute Gasteiger partial charge is 0.407 e. The number of rotatable bonds is 6. The first kappa shape index (κ1) is 16.2. The third-order valence-corrected chi connectivity index (χ3v) is 3.98. The summed E-state index contributed by atoms with van der Waals surface area (Å²) in [5.41, 5.74) is 2.14. The zero-order chi connectivity index (χ0) is 16.8. The van der Waals surface area contributed by atoms with E-state index in [4.69, 9.17) is 14.2 Å². The lowest BCUT2D eigenvalue weighted by Gasteiger charge is -2.24. The molecule has 1 saturated heterocycles. The molecule has 1 fully saturated rings. The van der Waals surface area contributed by atoms with Crippen molar-refractivity contribution in [3.63, 3.8) is 0 Å². The summed E-state index contributed by atoms with van der Waals surface area (Å²) in [6, 6.07) is 15.8. The zero-order valence-electron chi connectivity index (χ0n) is 13.7. The molecule has 1 aliphatic heterocycles. The number of hydrogen-bond donors (Lipinski definition) is 1. The highest BCUT2D eigenvalue weighted by molar-refractivity contribution is 5.68. The minimum atomic E-state index is -0.381. The Labute approximate surface area is 141 Å². The number of cyclic esters (lactones) is 1. The summed E-state index contributed by atoms with van der Waals surface area (Å²) in [5.74, 6) is 1.34. The van der Waals surface area contributed by atoms with E-state index in [9.17, 15) is 4.79 Å². The van der Waals surface area contributed by atoms with Gasteiger partial charge in [0.1, 0.15) is 6.10 Å². The van der Waals surface area contributed by atoms with Crippen LogP contribution in [0.15, 0.2) is 48.5 Å². The standard InChI is InChI=1S/C19H21NO4/c1-22-17-8-7-15(16-9-11-20-19(21)24-16)13-18(17)23-12-10-14-5-3-2-4-6-14/h2-8,13,16H,9-12H2,1H3,(H,20,21). The summed E-state index contributed by atoms with van der Waals surface area (Å²) in [4.78, 5) is 11.4. The molecule has 126 valence electrons. The Balaban J connectivity index is 1.68. The molecule has 0 bridgehead atoms. The van der Waals surface area contributed by atoms with Gasteiger partial charge in [0, 0.05) is 19.4 Å². The van der Waals surface area contributed by atoms with Crippen LogP contribution in [0.2, 0.25) is 0 Å². The van der Waals surface area contributed by atoms with Crippen LogP contribution < -0.4 is 14.8 Å². The van der Waals surface area contributed by atoms with Crippen molar-refractivity contribution >= 4 is 6.09 Å². The molecular weight excluding hydrogens is 306 g/mol. The molecule has 1 heterocycles. The number of benzene rings is 2. The van der Waals surface area contributed by atoms with Gasteiger partial charge in [-0.2, -0.15) is 0 Å². The molecule has 24 heavy (non-hydrogen) atoms. The molecule has 5 heteroatoms. The Kier molecular flexibility index (Phi) is 5.21. The molecule has 2 aromatic rings. The lowest BCUT2D eigenvalue weighted by Crippen LogP contribution is -2.33. The molecule has 1 unspecified atom stereocenters. The number of methoxy groups -OCH3 is 1. The Hall–Kier alpha value is -2.69. The molecule has 3 rings (SSSR count). The maximum Gasteiger partial charge on any atom is 0.407 e. The number of carbonyl (C=O) groups is 1. The van der Waals surface area contributed by atoms with Gasteiger partial charge in [0.05, 0.1) is 13.7 Å². The average molecular weight is 327 g/mol. The Morgan fingerprint density at radius 3 is 2.75 bits per heavy atom. The number of alkyl carbamates (subject to hydrolysis) is 1. The molecular formula is C19H21NO4. The summed E-state index contributed by atoms with van der Waals surface area (Å²) in [6.07, 6.45) is 0.924. The van der Waals surface area contributed by atoms with E-state index >= 15 is 0 Å². The van der Waals surface area contributed by atoms with E-state index in [2.05, 4.69) is 17.4 Å². The van der Waals surface area contributed by atoms with Crippen molar-refractivity contribution in [3.05, 3.63) is 59.7 Å². The third kappa shape index (κ3) is 3.98. The van der Waals surface area contributed by atoms with Crippen molar-refractivity contribution in [2.75, 3.05) is 20.3 Å². The van der Waals surface area contributed by atoms with Crippen LogP contribution in [-0.2, 0) is 11.2 Å². The van der Waals surface area contributed by atoms with Crippen LogP contribution in [0.5, 0.6) is 11.5 Å². The molecule has 0 radical (unpaired) electrons. The fraction of sp³-hybridized carbons (Fsp3) is 0.316. The van der Waals surface area contributed by atoms with E-state index in [-0.39, 0.29) is 12.2 Å². The maximum atomic E-state index is 11.4. The fourth-order valence-corrected chi connectivity index (χ4v) is 2.70. The van der Waals surface area contributed by atoms with Crippen LogP contribution in [-0.4, -0.2) is 26.4 Å². The number of nitrogens with one attached hydrogen (secondary N) is 1. The van der Waals surface area contributed by atoms with E-state index < -0.39 is 0 Å². The number of amides is 1. The van der Waals surface area contributed by atoms with Crippen LogP contribution in [0.1, 0.15) is 23.7 Å². The maximum absolute atomic E-state index is 11.4. The Bertz CT molecular complexity index is 687. The van der Waals surface area contributed by atoms with Gasteiger partial charge >= 0.3 is 6.09 Å². The number of carbonyl (C=O) groups excluding carboxylic acids is 1. The zero-order valence-corrected chi connectivity index (χ0v) is 13.7. The average Bonchev–Trinajstić information content (AvgIpc) is 2.62. The summed E-state index contributed by atoms with van der Waals surface area (Å²) in [5, 5.41) is 2.65. The number of hydrogen-bond acceptors (Lipinski definition) is 4. The predicted octanol–water partition coefficient (Wildman–Crippen LogP) is 3.49. The molecule has 0 aliphatic carbocycles. The first-order valence-electron chi connectivity index (χ1n) is 8.05. The van der Waals surface area contributed by atoms with Gasteiger partial charge in [-0.3, -0.25) is 0 Å². The largest absolute Gasteiger partial charge is 0.493 e. The van der Waals surface area contributed by atoms with Crippen molar-refractivity contribution < 1.29 is 19.0 Å². The third-order valence-electron chi connectivity index (χ3n) is 3.98. The lowest BCUT2D eigenvalue weighted by molar-refractivity contribution is 0.0736. The minimum absolute atomic E-state index is 0.249. The van der Waals surface area contributed by atoms with Crippen LogP contribution in [0, 0.1) is 0 Å². The lowest BCUT2D eigenvalue weighted by atomic mass is 10.0. The fourth-order valence-electron chi connectivity index (χ4n) is 2.70. The van der Waals surface area contributed by atoms with E-state index in [0.29, 0.717) is 24.7 Å². The second-order valence-corrected chi connectivity index (χ2v) is 5.60. The summed E-state index contributed by atoms with van der Waals surface area (Å²) < 4.78 is 16.6. The SMILES string of the molecule is COc1ccc(C2CCNC(=O)O2)cc1OCCc1ccccc1. The van der Waals surface area contributed by atoms with Crippen LogP contribution in [0.25, 0.3) is 0 Å². The van der Waals surface area contributed by atoms with Crippen LogP contribution in [0.3, 0.4) is 0 Å². The van der Waals surface area contributed by atoms with Gasteiger partial charge < -0.3 is 19.5 Å². The summed E-state index contributed by atoms with van der Waals surface area (Å²) in [6.45, 7) is 1.16. The van der Waals surface area contributed by atoms with Crippen molar-refractivity contribution in [3.8, 4) is 11.5 Å². The second kappa shape index (κ2) is 7.73. The highest BCUT2D eigenvalue weighted by Gasteiger charge is 2.22. The topological polar surface area (TPSA) is 56.8 Å². The molecule has 1 aliphatic rings. The summed E-state index contributed by atoms with van der Waals surface area (Å²) in [7, 11) is 1.61. The van der Waals surface area contributed by atoms with Gasteiger partial charge in [-0.05, 0) is 23.3 Å². The normalized spacial score (nSPS) is 16.9. The molecule has 0 saturated carbocycles. The molecule has 0 aromatic heterocycles. The molecule has 1 amide bonds. The predicted molar refractivity (Wildman–Crippen MR) is 90.5 cm³/mol. The van der Waals surface area contributed by atoms with Gasteiger partial charge in [0.15, 0.2) is 11.5 Å².